The lowest BCUT2D eigenvalue weighted by molar-refractivity contribution is 0.0526. The molecule has 7 heteroatoms. The lowest BCUT2D eigenvalue weighted by Crippen LogP contribution is -2.28. The Morgan fingerprint density at radius 3 is 2.60 bits per heavy atom. The molecule has 1 fully saturated rings. The summed E-state index contributed by atoms with van der Waals surface area (Å²) in [6.07, 6.45) is 7.57. The largest absolute Gasteiger partial charge is 0.462 e. The van der Waals surface area contributed by atoms with Crippen molar-refractivity contribution in [2.45, 2.75) is 58.8 Å². The molecule has 2 aromatic heterocycles. The van der Waals surface area contributed by atoms with Crippen LogP contribution >= 0.6 is 0 Å². The highest BCUT2D eigenvalue weighted by Gasteiger charge is 2.25. The van der Waals surface area contributed by atoms with Crippen LogP contribution in [0.3, 0.4) is 0 Å². The van der Waals surface area contributed by atoms with Gasteiger partial charge in [-0.2, -0.15) is 9.50 Å². The molecule has 0 bridgehead atoms. The first-order chi connectivity index (χ1) is 12.2. The van der Waals surface area contributed by atoms with Gasteiger partial charge in [-0.15, -0.1) is 5.10 Å². The van der Waals surface area contributed by atoms with Crippen molar-refractivity contribution in [3.8, 4) is 0 Å². The van der Waals surface area contributed by atoms with Gasteiger partial charge in [0.05, 0.1) is 6.61 Å². The van der Waals surface area contributed by atoms with Crippen molar-refractivity contribution in [2.75, 3.05) is 24.6 Å². The monoisotopic (exact) mass is 345 g/mol. The van der Waals surface area contributed by atoms with E-state index in [0.717, 1.165) is 37.6 Å². The molecule has 0 unspecified atom stereocenters. The van der Waals surface area contributed by atoms with Crippen molar-refractivity contribution >= 4 is 17.6 Å². The molecule has 1 aliphatic carbocycles. The normalized spacial score (nSPS) is 15.5. The third-order valence-electron chi connectivity index (χ3n) is 4.89. The Labute approximate surface area is 148 Å². The topological polar surface area (TPSA) is 72.6 Å². The van der Waals surface area contributed by atoms with Crippen LogP contribution in [-0.4, -0.2) is 45.2 Å². The quantitative estimate of drug-likeness (QED) is 0.749. The number of hydrogen-bond acceptors (Lipinski definition) is 6. The van der Waals surface area contributed by atoms with E-state index in [-0.39, 0.29) is 5.97 Å². The van der Waals surface area contributed by atoms with Gasteiger partial charge in [0.25, 0.3) is 5.78 Å². The molecule has 2 heterocycles. The van der Waals surface area contributed by atoms with E-state index in [4.69, 9.17) is 9.84 Å². The maximum absolute atomic E-state index is 12.4. The zero-order chi connectivity index (χ0) is 17.8. The summed E-state index contributed by atoms with van der Waals surface area (Å²) >= 11 is 0. The molecule has 0 amide bonds. The highest BCUT2D eigenvalue weighted by atomic mass is 16.5. The van der Waals surface area contributed by atoms with Gasteiger partial charge in [-0.3, -0.25) is 0 Å². The van der Waals surface area contributed by atoms with Gasteiger partial charge in [-0.25, -0.2) is 9.78 Å². The summed E-state index contributed by atoms with van der Waals surface area (Å²) in [5, 5.41) is 4.75. The van der Waals surface area contributed by atoms with Gasteiger partial charge in [0, 0.05) is 25.2 Å². The van der Waals surface area contributed by atoms with Gasteiger partial charge in [-0.1, -0.05) is 19.3 Å². The van der Waals surface area contributed by atoms with E-state index in [1.807, 2.05) is 0 Å². The number of nitrogens with zero attached hydrogens (tertiary/aromatic N) is 5. The molecule has 2 aromatic rings. The molecule has 25 heavy (non-hydrogen) atoms. The van der Waals surface area contributed by atoms with Crippen molar-refractivity contribution in [1.82, 2.24) is 19.6 Å². The van der Waals surface area contributed by atoms with E-state index >= 15 is 0 Å². The van der Waals surface area contributed by atoms with Crippen LogP contribution in [0.2, 0.25) is 0 Å². The minimum Gasteiger partial charge on any atom is -0.462 e. The summed E-state index contributed by atoms with van der Waals surface area (Å²) in [4.78, 5) is 23.5. The second-order valence-electron chi connectivity index (χ2n) is 6.40. The minimum absolute atomic E-state index is 0.333. The third kappa shape index (κ3) is 3.45. The number of rotatable bonds is 6. The van der Waals surface area contributed by atoms with Crippen LogP contribution in [0.1, 0.15) is 75.0 Å². The summed E-state index contributed by atoms with van der Waals surface area (Å²) in [6, 6.07) is 0. The number of aromatic nitrogens is 4. The van der Waals surface area contributed by atoms with E-state index in [1.54, 1.807) is 17.6 Å². The van der Waals surface area contributed by atoms with E-state index in [0.29, 0.717) is 23.9 Å². The number of ether oxygens (including phenoxy) is 1. The van der Waals surface area contributed by atoms with Crippen molar-refractivity contribution in [1.29, 1.82) is 0 Å². The predicted molar refractivity (Wildman–Crippen MR) is 96.1 cm³/mol. The summed E-state index contributed by atoms with van der Waals surface area (Å²) in [7, 11) is 0. The standard InChI is InChI=1S/C18H27N5O2/c1-4-22(5-2)16-14(17(24)25-6-3)12-19-18-20-15(21-23(16)18)13-10-8-7-9-11-13/h12-13H,4-11H2,1-3H3. The number of fused-ring (bicyclic) bond motifs is 1. The molecule has 136 valence electrons. The van der Waals surface area contributed by atoms with Crippen LogP contribution in [0.5, 0.6) is 0 Å². The molecule has 3 rings (SSSR count). The lowest BCUT2D eigenvalue weighted by atomic mass is 9.89. The van der Waals surface area contributed by atoms with Crippen LogP contribution < -0.4 is 4.90 Å². The first kappa shape index (κ1) is 17.6. The van der Waals surface area contributed by atoms with Crippen LogP contribution in [0.15, 0.2) is 6.20 Å². The number of hydrogen-bond donors (Lipinski definition) is 0. The maximum Gasteiger partial charge on any atom is 0.343 e. The second kappa shape index (κ2) is 7.80. The molecule has 0 aromatic carbocycles. The van der Waals surface area contributed by atoms with E-state index in [1.165, 1.54) is 19.3 Å². The highest BCUT2D eigenvalue weighted by Crippen LogP contribution is 2.31. The first-order valence-corrected chi connectivity index (χ1v) is 9.37. The fourth-order valence-corrected chi connectivity index (χ4v) is 3.55. The number of esters is 1. The molecule has 7 nitrogen and oxygen atoms in total. The Morgan fingerprint density at radius 2 is 1.96 bits per heavy atom. The van der Waals surface area contributed by atoms with Crippen molar-refractivity contribution < 1.29 is 9.53 Å². The van der Waals surface area contributed by atoms with Crippen molar-refractivity contribution in [2.24, 2.45) is 0 Å². The van der Waals surface area contributed by atoms with Crippen LogP contribution in [0.25, 0.3) is 5.78 Å². The van der Waals surface area contributed by atoms with Gasteiger partial charge in [0.2, 0.25) is 0 Å². The van der Waals surface area contributed by atoms with E-state index in [2.05, 4.69) is 28.7 Å². The summed E-state index contributed by atoms with van der Waals surface area (Å²) < 4.78 is 6.94. The van der Waals surface area contributed by atoms with Crippen LogP contribution in [0, 0.1) is 0 Å². The van der Waals surface area contributed by atoms with Crippen molar-refractivity contribution in [3.05, 3.63) is 17.6 Å². The molecule has 0 saturated heterocycles. The number of anilines is 1. The Morgan fingerprint density at radius 1 is 1.24 bits per heavy atom. The molecular formula is C18H27N5O2. The average molecular weight is 345 g/mol. The smallest absolute Gasteiger partial charge is 0.343 e. The minimum atomic E-state index is -0.367. The van der Waals surface area contributed by atoms with Gasteiger partial charge in [0.1, 0.15) is 11.4 Å². The van der Waals surface area contributed by atoms with Gasteiger partial charge >= 0.3 is 5.97 Å². The number of carbonyl (C=O) groups excluding carboxylic acids is 1. The SMILES string of the molecule is CCOC(=O)c1cnc2nc(C3CCCCC3)nn2c1N(CC)CC. The van der Waals surface area contributed by atoms with Gasteiger partial charge in [-0.05, 0) is 33.6 Å². The Kier molecular flexibility index (Phi) is 5.50. The second-order valence-corrected chi connectivity index (χ2v) is 6.40. The summed E-state index contributed by atoms with van der Waals surface area (Å²) in [5.74, 6) is 2.15. The van der Waals surface area contributed by atoms with E-state index in [9.17, 15) is 4.79 Å². The zero-order valence-electron chi connectivity index (χ0n) is 15.4. The zero-order valence-corrected chi connectivity index (χ0v) is 15.4. The summed E-state index contributed by atoms with van der Waals surface area (Å²) in [6.45, 7) is 7.78. The molecule has 1 saturated carbocycles. The number of carbonyl (C=O) groups is 1. The Balaban J connectivity index is 2.10. The van der Waals surface area contributed by atoms with Crippen LogP contribution in [-0.2, 0) is 4.74 Å². The molecular weight excluding hydrogens is 318 g/mol. The van der Waals surface area contributed by atoms with E-state index < -0.39 is 0 Å². The molecule has 0 radical (unpaired) electrons. The Hall–Kier alpha value is -2.18. The maximum atomic E-state index is 12.4. The average Bonchev–Trinajstić information content (AvgIpc) is 3.08. The molecule has 1 aliphatic rings. The molecule has 0 aliphatic heterocycles. The van der Waals surface area contributed by atoms with Crippen LogP contribution in [0.4, 0.5) is 5.82 Å². The Bertz CT molecular complexity index is 732. The van der Waals surface area contributed by atoms with Gasteiger partial charge in [0.15, 0.2) is 5.82 Å². The third-order valence-corrected chi connectivity index (χ3v) is 4.89. The molecule has 0 N–H and O–H groups in total. The van der Waals surface area contributed by atoms with Crippen molar-refractivity contribution in [3.63, 3.8) is 0 Å². The summed E-state index contributed by atoms with van der Waals surface area (Å²) in [5.41, 5.74) is 0.443. The fourth-order valence-electron chi connectivity index (χ4n) is 3.55. The molecule has 0 spiro atoms. The fraction of sp³-hybridized carbons (Fsp3) is 0.667. The predicted octanol–water partition coefficient (Wildman–Crippen LogP) is 3.19. The highest BCUT2D eigenvalue weighted by molar-refractivity contribution is 5.95. The molecule has 0 atom stereocenters. The lowest BCUT2D eigenvalue weighted by Gasteiger charge is -2.23. The first-order valence-electron chi connectivity index (χ1n) is 9.37. The van der Waals surface area contributed by atoms with Gasteiger partial charge < -0.3 is 9.64 Å².